The molecular weight excluding hydrogens is 587 g/mol. The lowest BCUT2D eigenvalue weighted by Gasteiger charge is -2.32. The van der Waals surface area contributed by atoms with Crippen LogP contribution in [0.3, 0.4) is 0 Å². The zero-order chi connectivity index (χ0) is 32.4. The Hall–Kier alpha value is -5.96. The molecule has 0 radical (unpaired) electrons. The number of nitrogens with one attached hydrogen (secondary N) is 2. The number of fused-ring (bicyclic) bond motifs is 7. The Bertz CT molecular complexity index is 2460. The van der Waals surface area contributed by atoms with Gasteiger partial charge in [0.1, 0.15) is 18.2 Å². The molecule has 0 saturated heterocycles. The summed E-state index contributed by atoms with van der Waals surface area (Å²) in [5.74, 6) is 0.800. The molecule has 5 nitrogen and oxygen atoms in total. The van der Waals surface area contributed by atoms with Gasteiger partial charge < -0.3 is 9.88 Å². The van der Waals surface area contributed by atoms with Crippen LogP contribution in [-0.2, 0) is 5.41 Å². The maximum absolute atomic E-state index is 9.60. The molecule has 0 saturated carbocycles. The molecule has 1 aliphatic heterocycles. The number of benzene rings is 6. The fourth-order valence-electron chi connectivity index (χ4n) is 7.79. The van der Waals surface area contributed by atoms with Gasteiger partial charge in [-0.25, -0.2) is 4.99 Å². The van der Waals surface area contributed by atoms with Gasteiger partial charge in [0.2, 0.25) is 0 Å². The van der Waals surface area contributed by atoms with Crippen molar-refractivity contribution in [3.05, 3.63) is 173 Å². The second-order valence-corrected chi connectivity index (χ2v) is 13.2. The molecule has 6 aromatic carbocycles. The smallest absolute Gasteiger partial charge is 0.131 e. The Morgan fingerprint density at radius 1 is 0.708 bits per heavy atom. The number of amidine groups is 1. The van der Waals surface area contributed by atoms with Gasteiger partial charge >= 0.3 is 0 Å². The minimum atomic E-state index is -0.331. The van der Waals surface area contributed by atoms with E-state index in [2.05, 4.69) is 144 Å². The fraction of sp³-hybridized carbons (Fsp3) is 0.116. The van der Waals surface area contributed by atoms with Gasteiger partial charge in [-0.05, 0) is 69.8 Å². The van der Waals surface area contributed by atoms with Crippen molar-refractivity contribution in [1.82, 2.24) is 15.2 Å². The molecule has 9 rings (SSSR count). The summed E-state index contributed by atoms with van der Waals surface area (Å²) in [7, 11) is 0. The van der Waals surface area contributed by atoms with Crippen LogP contribution in [-0.4, -0.2) is 10.4 Å². The number of aromatic nitrogens is 1. The lowest BCUT2D eigenvalue weighted by atomic mass is 9.82. The van der Waals surface area contributed by atoms with Gasteiger partial charge in [0.15, 0.2) is 0 Å². The molecule has 2 heterocycles. The molecule has 2 atom stereocenters. The van der Waals surface area contributed by atoms with Gasteiger partial charge in [-0.1, -0.05) is 117 Å². The molecule has 2 aliphatic rings. The molecular formula is C43H33N5. The van der Waals surface area contributed by atoms with Crippen molar-refractivity contribution in [3.63, 3.8) is 0 Å². The highest BCUT2D eigenvalue weighted by Crippen LogP contribution is 2.53. The van der Waals surface area contributed by atoms with Crippen LogP contribution < -0.4 is 10.6 Å². The molecule has 230 valence electrons. The van der Waals surface area contributed by atoms with Crippen LogP contribution in [0.1, 0.15) is 59.6 Å². The van der Waals surface area contributed by atoms with Crippen molar-refractivity contribution in [2.45, 2.75) is 31.6 Å². The van der Waals surface area contributed by atoms with Crippen molar-refractivity contribution in [1.29, 1.82) is 5.26 Å². The standard InChI is InChI=1S/C43H33N5/c1-43(2)34-20-8-6-18-32(34)38-35(43)22-23-37-39(38)33-19-7-9-21-36(33)48(37)31-17-11-16-30(25-31)42-46-40(28-13-4-3-5-14-28)45-41(47-42)29-15-10-12-27(24-29)26-44/h3-25,40-41,45H,1-2H3,(H,46,47). The van der Waals surface area contributed by atoms with E-state index in [0.29, 0.717) is 5.56 Å². The number of aliphatic imine (C=N–C) groups is 1. The monoisotopic (exact) mass is 619 g/mol. The predicted molar refractivity (Wildman–Crippen MR) is 194 cm³/mol. The van der Waals surface area contributed by atoms with E-state index < -0.39 is 0 Å². The predicted octanol–water partition coefficient (Wildman–Crippen LogP) is 9.30. The van der Waals surface area contributed by atoms with Gasteiger partial charge in [-0.2, -0.15) is 5.26 Å². The maximum atomic E-state index is 9.60. The van der Waals surface area contributed by atoms with Gasteiger partial charge in [-0.15, -0.1) is 0 Å². The van der Waals surface area contributed by atoms with E-state index in [-0.39, 0.29) is 17.7 Å². The van der Waals surface area contributed by atoms with Crippen molar-refractivity contribution in [3.8, 4) is 22.9 Å². The van der Waals surface area contributed by atoms with Crippen LogP contribution in [0.25, 0.3) is 38.6 Å². The highest BCUT2D eigenvalue weighted by Gasteiger charge is 2.37. The van der Waals surface area contributed by atoms with Gasteiger partial charge in [0, 0.05) is 27.4 Å². The average Bonchev–Trinajstić information content (AvgIpc) is 3.60. The summed E-state index contributed by atoms with van der Waals surface area (Å²) in [5.41, 5.74) is 12.5. The highest BCUT2D eigenvalue weighted by molar-refractivity contribution is 6.18. The molecule has 5 heteroatoms. The average molecular weight is 620 g/mol. The zero-order valence-corrected chi connectivity index (χ0v) is 26.8. The molecule has 1 aliphatic carbocycles. The van der Waals surface area contributed by atoms with Crippen molar-refractivity contribution in [2.24, 2.45) is 4.99 Å². The van der Waals surface area contributed by atoms with Crippen molar-refractivity contribution < 1.29 is 0 Å². The summed E-state index contributed by atoms with van der Waals surface area (Å²) in [6.07, 6.45) is -0.500. The molecule has 0 amide bonds. The summed E-state index contributed by atoms with van der Waals surface area (Å²) in [6.45, 7) is 4.68. The number of hydrogen-bond acceptors (Lipinski definition) is 4. The largest absolute Gasteiger partial charge is 0.350 e. The first kappa shape index (κ1) is 28.3. The van der Waals surface area contributed by atoms with E-state index in [9.17, 15) is 5.26 Å². The highest BCUT2D eigenvalue weighted by atomic mass is 15.3. The SMILES string of the molecule is CC1(C)c2ccccc2-c2c1ccc1c2c2ccccc2n1-c1cccc(C2=NC(c3cccc(C#N)c3)NC(c3ccccc3)N2)c1. The number of nitriles is 1. The molecule has 0 spiro atoms. The van der Waals surface area contributed by atoms with Gasteiger partial charge in [0.05, 0.1) is 22.7 Å². The van der Waals surface area contributed by atoms with Gasteiger partial charge in [-0.3, -0.25) is 5.32 Å². The lowest BCUT2D eigenvalue weighted by molar-refractivity contribution is 0.409. The summed E-state index contributed by atoms with van der Waals surface area (Å²) >= 11 is 0. The molecule has 48 heavy (non-hydrogen) atoms. The molecule has 7 aromatic rings. The Morgan fingerprint density at radius 2 is 1.48 bits per heavy atom. The minimum absolute atomic E-state index is 0.0688. The first-order chi connectivity index (χ1) is 23.5. The number of para-hydroxylation sites is 1. The molecule has 2 unspecified atom stereocenters. The van der Waals surface area contributed by atoms with Crippen molar-refractivity contribution in [2.75, 3.05) is 0 Å². The first-order valence-corrected chi connectivity index (χ1v) is 16.4. The fourth-order valence-corrected chi connectivity index (χ4v) is 7.79. The molecule has 0 fully saturated rings. The lowest BCUT2D eigenvalue weighted by Crippen LogP contribution is -2.45. The van der Waals surface area contributed by atoms with Gasteiger partial charge in [0.25, 0.3) is 0 Å². The second-order valence-electron chi connectivity index (χ2n) is 13.2. The number of rotatable bonds is 4. The quantitative estimate of drug-likeness (QED) is 0.206. The second kappa shape index (κ2) is 10.8. The molecule has 2 N–H and O–H groups in total. The first-order valence-electron chi connectivity index (χ1n) is 16.4. The summed E-state index contributed by atoms with van der Waals surface area (Å²) < 4.78 is 2.40. The van der Waals surface area contributed by atoms with Crippen molar-refractivity contribution >= 4 is 27.6 Å². The summed E-state index contributed by atoms with van der Waals surface area (Å²) in [5, 5.41) is 19.5. The Labute approximate surface area is 279 Å². The molecule has 1 aromatic heterocycles. The van der Waals surface area contributed by atoms with Crippen LogP contribution in [0, 0.1) is 11.3 Å². The van der Waals surface area contributed by atoms with E-state index >= 15 is 0 Å². The van der Waals surface area contributed by atoms with E-state index in [0.717, 1.165) is 28.2 Å². The Kier molecular flexibility index (Phi) is 6.36. The van der Waals surface area contributed by atoms with Crippen LogP contribution in [0.15, 0.2) is 145 Å². The minimum Gasteiger partial charge on any atom is -0.350 e. The van der Waals surface area contributed by atoms with E-state index in [1.165, 1.54) is 44.1 Å². The van der Waals surface area contributed by atoms with Crippen LogP contribution >= 0.6 is 0 Å². The maximum Gasteiger partial charge on any atom is 0.131 e. The summed E-state index contributed by atoms with van der Waals surface area (Å²) in [4.78, 5) is 5.18. The van der Waals surface area contributed by atoms with Crippen LogP contribution in [0.2, 0.25) is 0 Å². The Morgan fingerprint density at radius 3 is 2.35 bits per heavy atom. The topological polar surface area (TPSA) is 65.1 Å². The number of nitrogens with zero attached hydrogens (tertiary/aromatic N) is 3. The third-order valence-corrected chi connectivity index (χ3v) is 10.1. The summed E-state index contributed by atoms with van der Waals surface area (Å²) in [6, 6.07) is 51.2. The zero-order valence-electron chi connectivity index (χ0n) is 26.8. The third-order valence-electron chi connectivity index (χ3n) is 10.1. The number of hydrogen-bond donors (Lipinski definition) is 2. The third kappa shape index (κ3) is 4.31. The van der Waals surface area contributed by atoms with E-state index in [4.69, 9.17) is 4.99 Å². The normalized spacial score (nSPS) is 17.7. The van der Waals surface area contributed by atoms with Crippen LogP contribution in [0.5, 0.6) is 0 Å². The van der Waals surface area contributed by atoms with Crippen LogP contribution in [0.4, 0.5) is 0 Å². The Balaban J connectivity index is 1.22. The molecule has 0 bridgehead atoms. The van der Waals surface area contributed by atoms with E-state index in [1.54, 1.807) is 0 Å². The van der Waals surface area contributed by atoms with E-state index in [1.807, 2.05) is 30.3 Å².